The van der Waals surface area contributed by atoms with Crippen molar-refractivity contribution >= 4 is 5.69 Å². The van der Waals surface area contributed by atoms with Gasteiger partial charge < -0.3 is 5.32 Å². The number of anilines is 1. The van der Waals surface area contributed by atoms with Gasteiger partial charge in [-0.1, -0.05) is 12.1 Å². The summed E-state index contributed by atoms with van der Waals surface area (Å²) in [5, 5.41) is 3.48. The molecule has 1 aromatic carbocycles. The fourth-order valence-corrected chi connectivity index (χ4v) is 3.42. The molecule has 0 atom stereocenters. The molecule has 0 aromatic heterocycles. The van der Waals surface area contributed by atoms with Gasteiger partial charge in [0.2, 0.25) is 0 Å². The Hall–Kier alpha value is -1.06. The number of rotatable bonds is 3. The van der Waals surface area contributed by atoms with Crippen LogP contribution < -0.4 is 5.32 Å². The Bertz CT molecular complexity index is 459. The van der Waals surface area contributed by atoms with E-state index in [9.17, 15) is 0 Å². The first kappa shape index (κ1) is 11.7. The Kier molecular flexibility index (Phi) is 2.97. The maximum Gasteiger partial charge on any atom is 0.0376 e. The lowest BCUT2D eigenvalue weighted by Crippen LogP contribution is -2.46. The van der Waals surface area contributed by atoms with Gasteiger partial charge in [0, 0.05) is 51.0 Å². The molecule has 19 heavy (non-hydrogen) atoms. The second-order valence-electron chi connectivity index (χ2n) is 6.21. The zero-order valence-electron chi connectivity index (χ0n) is 11.6. The third kappa shape index (κ3) is 2.49. The molecule has 3 nitrogen and oxygen atoms in total. The lowest BCUT2D eigenvalue weighted by atomic mass is 10.1. The first-order chi connectivity index (χ1) is 9.38. The number of benzene rings is 1. The van der Waals surface area contributed by atoms with Crippen LogP contribution >= 0.6 is 0 Å². The molecular formula is C16H23N3. The minimum absolute atomic E-state index is 0.936. The van der Waals surface area contributed by atoms with Crippen molar-refractivity contribution in [2.75, 3.05) is 38.0 Å². The van der Waals surface area contributed by atoms with Crippen LogP contribution in [-0.4, -0.2) is 48.6 Å². The fraction of sp³-hybridized carbons (Fsp3) is 0.625. The highest BCUT2D eigenvalue weighted by atomic mass is 15.3. The predicted octanol–water partition coefficient (Wildman–Crippen LogP) is 1.93. The Morgan fingerprint density at radius 2 is 1.95 bits per heavy atom. The zero-order valence-corrected chi connectivity index (χ0v) is 11.6. The summed E-state index contributed by atoms with van der Waals surface area (Å²) < 4.78 is 0. The normalized spacial score (nSPS) is 24.2. The molecule has 4 rings (SSSR count). The van der Waals surface area contributed by atoms with E-state index in [4.69, 9.17) is 0 Å². The van der Waals surface area contributed by atoms with E-state index in [0.717, 1.165) is 19.1 Å². The summed E-state index contributed by atoms with van der Waals surface area (Å²) in [6.45, 7) is 7.25. The number of nitrogens with zero attached hydrogens (tertiary/aromatic N) is 2. The summed E-state index contributed by atoms with van der Waals surface area (Å²) in [7, 11) is 0. The minimum Gasteiger partial charge on any atom is -0.384 e. The summed E-state index contributed by atoms with van der Waals surface area (Å²) in [6.07, 6.45) is 4.07. The van der Waals surface area contributed by atoms with Gasteiger partial charge in [0.1, 0.15) is 0 Å². The average molecular weight is 257 g/mol. The van der Waals surface area contributed by atoms with Crippen molar-refractivity contribution in [1.29, 1.82) is 0 Å². The highest BCUT2D eigenvalue weighted by Crippen LogP contribution is 2.28. The van der Waals surface area contributed by atoms with Gasteiger partial charge in [-0.2, -0.15) is 0 Å². The highest BCUT2D eigenvalue weighted by molar-refractivity contribution is 5.57. The van der Waals surface area contributed by atoms with E-state index >= 15 is 0 Å². The van der Waals surface area contributed by atoms with Gasteiger partial charge >= 0.3 is 0 Å². The van der Waals surface area contributed by atoms with Crippen molar-refractivity contribution in [1.82, 2.24) is 9.80 Å². The Balaban J connectivity index is 1.36. The Morgan fingerprint density at radius 1 is 1.11 bits per heavy atom. The van der Waals surface area contributed by atoms with Crippen LogP contribution in [0.3, 0.4) is 0 Å². The van der Waals surface area contributed by atoms with E-state index in [-0.39, 0.29) is 0 Å². The van der Waals surface area contributed by atoms with E-state index in [0.29, 0.717) is 0 Å². The predicted molar refractivity (Wildman–Crippen MR) is 78.5 cm³/mol. The molecule has 102 valence electrons. The molecule has 3 heteroatoms. The molecule has 2 heterocycles. The minimum atomic E-state index is 0.936. The Morgan fingerprint density at radius 3 is 2.74 bits per heavy atom. The molecule has 0 amide bonds. The number of hydrogen-bond acceptors (Lipinski definition) is 3. The standard InChI is InChI=1S/C16H23N3/c1-2-14-5-6-17-16(14)11-13(1)12-18-7-9-19(10-8-18)15-3-4-15/h1-2,11,15,17H,3-10,12H2. The monoisotopic (exact) mass is 257 g/mol. The molecule has 0 spiro atoms. The van der Waals surface area contributed by atoms with Gasteiger partial charge in [0.15, 0.2) is 0 Å². The molecular weight excluding hydrogens is 234 g/mol. The molecule has 1 aliphatic carbocycles. The summed E-state index contributed by atoms with van der Waals surface area (Å²) in [6, 6.07) is 7.92. The molecule has 0 unspecified atom stereocenters. The van der Waals surface area contributed by atoms with Gasteiger partial charge in [-0.15, -0.1) is 0 Å². The van der Waals surface area contributed by atoms with E-state index in [1.54, 1.807) is 0 Å². The van der Waals surface area contributed by atoms with E-state index in [1.165, 1.54) is 62.3 Å². The number of nitrogens with one attached hydrogen (secondary N) is 1. The smallest absolute Gasteiger partial charge is 0.0376 e. The summed E-state index contributed by atoms with van der Waals surface area (Å²) >= 11 is 0. The Labute approximate surface area is 115 Å². The lowest BCUT2D eigenvalue weighted by molar-refractivity contribution is 0.121. The van der Waals surface area contributed by atoms with Crippen molar-refractivity contribution < 1.29 is 0 Å². The summed E-state index contributed by atoms with van der Waals surface area (Å²) in [5.41, 5.74) is 4.32. The largest absolute Gasteiger partial charge is 0.384 e. The van der Waals surface area contributed by atoms with E-state index in [2.05, 4.69) is 33.3 Å². The van der Waals surface area contributed by atoms with Crippen LogP contribution in [0.2, 0.25) is 0 Å². The number of hydrogen-bond donors (Lipinski definition) is 1. The van der Waals surface area contributed by atoms with Crippen molar-refractivity contribution in [3.63, 3.8) is 0 Å². The van der Waals surface area contributed by atoms with Gasteiger partial charge in [-0.3, -0.25) is 9.80 Å². The first-order valence-electron chi connectivity index (χ1n) is 7.70. The third-order valence-electron chi connectivity index (χ3n) is 4.76. The molecule has 0 radical (unpaired) electrons. The zero-order chi connectivity index (χ0) is 12.7. The van der Waals surface area contributed by atoms with E-state index in [1.807, 2.05) is 0 Å². The molecule has 3 aliphatic rings. The quantitative estimate of drug-likeness (QED) is 0.892. The average Bonchev–Trinajstić information content (AvgIpc) is 3.18. The molecule has 1 saturated heterocycles. The van der Waals surface area contributed by atoms with Crippen LogP contribution in [0.5, 0.6) is 0 Å². The van der Waals surface area contributed by atoms with Crippen molar-refractivity contribution in [3.8, 4) is 0 Å². The number of piperazine rings is 1. The van der Waals surface area contributed by atoms with E-state index < -0.39 is 0 Å². The number of fused-ring (bicyclic) bond motifs is 1. The van der Waals surface area contributed by atoms with Crippen LogP contribution in [0.4, 0.5) is 5.69 Å². The van der Waals surface area contributed by atoms with Gasteiger partial charge in [0.05, 0.1) is 0 Å². The third-order valence-corrected chi connectivity index (χ3v) is 4.76. The maximum absolute atomic E-state index is 3.48. The lowest BCUT2D eigenvalue weighted by Gasteiger charge is -2.34. The second kappa shape index (κ2) is 4.80. The van der Waals surface area contributed by atoms with Crippen LogP contribution in [0.25, 0.3) is 0 Å². The van der Waals surface area contributed by atoms with Crippen molar-refractivity contribution in [3.05, 3.63) is 29.3 Å². The maximum atomic E-state index is 3.48. The van der Waals surface area contributed by atoms with Gasteiger partial charge in [-0.05, 0) is 36.5 Å². The van der Waals surface area contributed by atoms with Crippen LogP contribution in [0, 0.1) is 0 Å². The first-order valence-corrected chi connectivity index (χ1v) is 7.70. The van der Waals surface area contributed by atoms with Crippen molar-refractivity contribution in [2.24, 2.45) is 0 Å². The topological polar surface area (TPSA) is 18.5 Å². The molecule has 1 N–H and O–H groups in total. The van der Waals surface area contributed by atoms with Gasteiger partial charge in [-0.25, -0.2) is 0 Å². The van der Waals surface area contributed by atoms with Crippen LogP contribution in [-0.2, 0) is 13.0 Å². The summed E-state index contributed by atoms with van der Waals surface area (Å²) in [4.78, 5) is 5.29. The van der Waals surface area contributed by atoms with Gasteiger partial charge in [0.25, 0.3) is 0 Å². The van der Waals surface area contributed by atoms with Crippen LogP contribution in [0.1, 0.15) is 24.0 Å². The SMILES string of the molecule is c1cc2c(cc1CN1CCN(C3CC3)CC1)NCC2. The second-order valence-corrected chi connectivity index (χ2v) is 6.21. The molecule has 0 bridgehead atoms. The molecule has 1 saturated carbocycles. The molecule has 1 aromatic rings. The molecule has 2 fully saturated rings. The van der Waals surface area contributed by atoms with Crippen molar-refractivity contribution in [2.45, 2.75) is 31.8 Å². The fourth-order valence-electron chi connectivity index (χ4n) is 3.42. The molecule has 2 aliphatic heterocycles. The van der Waals surface area contributed by atoms with Crippen LogP contribution in [0.15, 0.2) is 18.2 Å². The highest BCUT2D eigenvalue weighted by Gasteiger charge is 2.31. The summed E-state index contributed by atoms with van der Waals surface area (Å²) in [5.74, 6) is 0.